The molecule has 1 fully saturated rings. The van der Waals surface area contributed by atoms with E-state index >= 15 is 0 Å². The number of allylic oxidation sites excluding steroid dienone is 2. The molecule has 0 aliphatic heterocycles. The zero-order valence-corrected chi connectivity index (χ0v) is 18.4. The summed E-state index contributed by atoms with van der Waals surface area (Å²) in [6.45, 7) is 2.05. The van der Waals surface area contributed by atoms with Crippen molar-refractivity contribution in [3.05, 3.63) is 89.8 Å². The molecule has 4 heteroatoms. The topological polar surface area (TPSA) is 9.23 Å². The predicted molar refractivity (Wildman–Crippen MR) is 123 cm³/mol. The zero-order chi connectivity index (χ0) is 22.7. The molecule has 1 aliphatic rings. The maximum Gasteiger partial charge on any atom is 0.201 e. The number of halogens is 3. The lowest BCUT2D eigenvalue weighted by Gasteiger charge is -2.27. The fraction of sp³-hybridized carbons (Fsp3) is 0.286. The summed E-state index contributed by atoms with van der Waals surface area (Å²) in [5.74, 6) is -1.33. The fourth-order valence-corrected chi connectivity index (χ4v) is 4.68. The Bertz CT molecular complexity index is 1110. The van der Waals surface area contributed by atoms with E-state index in [1.807, 2.05) is 12.1 Å². The lowest BCUT2D eigenvalue weighted by atomic mass is 9.78. The van der Waals surface area contributed by atoms with Crippen LogP contribution in [0, 0.1) is 23.4 Å². The Morgan fingerprint density at radius 3 is 2.00 bits per heavy atom. The molecule has 0 amide bonds. The molecule has 0 heterocycles. The number of methoxy groups -OCH3 is 1. The number of rotatable bonds is 5. The van der Waals surface area contributed by atoms with Crippen LogP contribution in [0.2, 0.25) is 0 Å². The highest BCUT2D eigenvalue weighted by Crippen LogP contribution is 2.38. The molecule has 3 aromatic rings. The van der Waals surface area contributed by atoms with E-state index in [4.69, 9.17) is 4.74 Å². The fourth-order valence-electron chi connectivity index (χ4n) is 4.68. The second-order valence-electron chi connectivity index (χ2n) is 8.40. The molecule has 0 unspecified atom stereocenters. The van der Waals surface area contributed by atoms with E-state index < -0.39 is 11.6 Å². The molecule has 0 saturated heterocycles. The third kappa shape index (κ3) is 4.45. The van der Waals surface area contributed by atoms with Crippen molar-refractivity contribution >= 4 is 0 Å². The molecule has 166 valence electrons. The van der Waals surface area contributed by atoms with Gasteiger partial charge in [-0.3, -0.25) is 0 Å². The highest BCUT2D eigenvalue weighted by molar-refractivity contribution is 5.71. The summed E-state index contributed by atoms with van der Waals surface area (Å²) in [4.78, 5) is 0. The van der Waals surface area contributed by atoms with Crippen molar-refractivity contribution in [3.8, 4) is 28.0 Å². The monoisotopic (exact) mass is 436 g/mol. The van der Waals surface area contributed by atoms with Crippen molar-refractivity contribution in [3.63, 3.8) is 0 Å². The minimum absolute atomic E-state index is 0.138. The van der Waals surface area contributed by atoms with E-state index in [0.717, 1.165) is 31.2 Å². The van der Waals surface area contributed by atoms with Gasteiger partial charge in [0.25, 0.3) is 0 Å². The Balaban J connectivity index is 1.53. The first kappa shape index (κ1) is 22.2. The number of hydrogen-bond donors (Lipinski definition) is 0. The second-order valence-corrected chi connectivity index (χ2v) is 8.40. The molecular weight excluding hydrogens is 409 g/mol. The number of benzene rings is 3. The van der Waals surface area contributed by atoms with Gasteiger partial charge in [-0.05, 0) is 79.3 Å². The summed E-state index contributed by atoms with van der Waals surface area (Å²) in [5, 5.41) is 0. The lowest BCUT2D eigenvalue weighted by Crippen LogP contribution is -2.12. The second kappa shape index (κ2) is 9.64. The third-order valence-electron chi connectivity index (χ3n) is 6.47. The van der Waals surface area contributed by atoms with Crippen LogP contribution in [0.5, 0.6) is 5.75 Å². The van der Waals surface area contributed by atoms with Gasteiger partial charge in [-0.25, -0.2) is 8.78 Å². The van der Waals surface area contributed by atoms with Crippen LogP contribution in [0.1, 0.15) is 44.1 Å². The van der Waals surface area contributed by atoms with Crippen LogP contribution in [0.3, 0.4) is 0 Å². The Hall–Kier alpha value is -3.01. The van der Waals surface area contributed by atoms with Gasteiger partial charge < -0.3 is 4.74 Å². The van der Waals surface area contributed by atoms with Crippen molar-refractivity contribution in [2.24, 2.45) is 5.92 Å². The molecule has 0 atom stereocenters. The van der Waals surface area contributed by atoms with Gasteiger partial charge in [0, 0.05) is 11.1 Å². The molecule has 1 aliphatic carbocycles. The average Bonchev–Trinajstić information content (AvgIpc) is 2.82. The van der Waals surface area contributed by atoms with Gasteiger partial charge >= 0.3 is 0 Å². The Kier molecular flexibility index (Phi) is 6.69. The van der Waals surface area contributed by atoms with E-state index in [2.05, 4.69) is 19.1 Å². The van der Waals surface area contributed by atoms with Crippen LogP contribution in [-0.2, 0) is 0 Å². The molecule has 4 rings (SSSR count). The molecule has 1 nitrogen and oxygen atoms in total. The summed E-state index contributed by atoms with van der Waals surface area (Å²) in [5.41, 5.74) is 2.91. The first-order chi connectivity index (χ1) is 15.5. The van der Waals surface area contributed by atoms with Gasteiger partial charge in [-0.1, -0.05) is 48.6 Å². The summed E-state index contributed by atoms with van der Waals surface area (Å²) < 4.78 is 48.2. The van der Waals surface area contributed by atoms with Gasteiger partial charge in [-0.2, -0.15) is 4.39 Å². The summed E-state index contributed by atoms with van der Waals surface area (Å²) in [6.07, 6.45) is 8.82. The van der Waals surface area contributed by atoms with E-state index in [1.165, 1.54) is 19.2 Å². The highest BCUT2D eigenvalue weighted by atomic mass is 19.2. The normalized spacial score (nSPS) is 18.8. The Morgan fingerprint density at radius 1 is 0.781 bits per heavy atom. The van der Waals surface area contributed by atoms with Crippen LogP contribution in [0.15, 0.2) is 66.7 Å². The van der Waals surface area contributed by atoms with Crippen LogP contribution in [-0.4, -0.2) is 7.11 Å². The van der Waals surface area contributed by atoms with E-state index in [0.29, 0.717) is 28.5 Å². The minimum atomic E-state index is -1.02. The Labute approximate surface area is 187 Å². The summed E-state index contributed by atoms with van der Waals surface area (Å²) in [6, 6.07) is 15.2. The highest BCUT2D eigenvalue weighted by Gasteiger charge is 2.22. The third-order valence-corrected chi connectivity index (χ3v) is 6.47. The van der Waals surface area contributed by atoms with Gasteiger partial charge in [0.15, 0.2) is 11.6 Å². The molecule has 0 aromatic heterocycles. The minimum Gasteiger partial charge on any atom is -0.494 e. The van der Waals surface area contributed by atoms with Crippen molar-refractivity contribution in [1.82, 2.24) is 0 Å². The largest absolute Gasteiger partial charge is 0.494 e. The van der Waals surface area contributed by atoms with Crippen LogP contribution < -0.4 is 4.74 Å². The smallest absolute Gasteiger partial charge is 0.201 e. The summed E-state index contributed by atoms with van der Waals surface area (Å²) >= 11 is 0. The molecule has 0 N–H and O–H groups in total. The lowest BCUT2D eigenvalue weighted by molar-refractivity contribution is 0.372. The van der Waals surface area contributed by atoms with Crippen molar-refractivity contribution in [1.29, 1.82) is 0 Å². The molecular formula is C28H27F3O. The van der Waals surface area contributed by atoms with Gasteiger partial charge in [0.2, 0.25) is 5.82 Å². The molecule has 0 radical (unpaired) electrons. The predicted octanol–water partition coefficient (Wildman–Crippen LogP) is 8.30. The molecule has 1 saturated carbocycles. The quantitative estimate of drug-likeness (QED) is 0.366. The first-order valence-electron chi connectivity index (χ1n) is 11.1. The average molecular weight is 437 g/mol. The molecule has 32 heavy (non-hydrogen) atoms. The zero-order valence-electron chi connectivity index (χ0n) is 18.4. The Morgan fingerprint density at radius 2 is 1.41 bits per heavy atom. The van der Waals surface area contributed by atoms with Gasteiger partial charge in [-0.15, -0.1) is 0 Å². The van der Waals surface area contributed by atoms with Crippen LogP contribution in [0.25, 0.3) is 22.3 Å². The number of hydrogen-bond acceptors (Lipinski definition) is 1. The van der Waals surface area contributed by atoms with E-state index in [1.54, 1.807) is 30.3 Å². The van der Waals surface area contributed by atoms with Gasteiger partial charge in [0.05, 0.1) is 7.11 Å². The van der Waals surface area contributed by atoms with Crippen molar-refractivity contribution in [2.45, 2.75) is 38.5 Å². The molecule has 3 aromatic carbocycles. The van der Waals surface area contributed by atoms with Crippen LogP contribution in [0.4, 0.5) is 13.2 Å². The maximum atomic E-state index is 15.0. The summed E-state index contributed by atoms with van der Waals surface area (Å²) in [7, 11) is 1.29. The van der Waals surface area contributed by atoms with Crippen molar-refractivity contribution < 1.29 is 17.9 Å². The first-order valence-corrected chi connectivity index (χ1v) is 11.1. The van der Waals surface area contributed by atoms with E-state index in [-0.39, 0.29) is 17.1 Å². The van der Waals surface area contributed by atoms with E-state index in [9.17, 15) is 13.2 Å². The van der Waals surface area contributed by atoms with Gasteiger partial charge in [0.1, 0.15) is 5.82 Å². The SMILES string of the molecule is C/C=C/C1CCC(c2ccc(-c3ccc(-c4ccc(OC)c(F)c4F)cc3)c(F)c2)CC1. The van der Waals surface area contributed by atoms with Crippen LogP contribution >= 0.6 is 0 Å². The maximum absolute atomic E-state index is 15.0. The standard InChI is InChI=1S/C28H27F3O/c1-3-4-18-5-7-19(8-6-18)22-13-14-23(25(29)17-22)20-9-11-21(12-10-20)24-15-16-26(32-2)28(31)27(24)30/h3-4,9-19H,5-8H2,1-2H3/b4-3+. The molecule has 0 bridgehead atoms. The number of ether oxygens (including phenoxy) is 1. The van der Waals surface area contributed by atoms with Crippen molar-refractivity contribution in [2.75, 3.05) is 7.11 Å². The molecule has 0 spiro atoms.